The lowest BCUT2D eigenvalue weighted by Crippen LogP contribution is -1.95. The first kappa shape index (κ1) is 19.6. The highest BCUT2D eigenvalue weighted by atomic mass is 16.4. The molecule has 0 radical (unpaired) electrons. The number of carboxylic acid groups (broad SMARTS) is 1. The second kappa shape index (κ2) is 15.0. The molecule has 21 heavy (non-hydrogen) atoms. The van der Waals surface area contributed by atoms with Gasteiger partial charge < -0.3 is 5.11 Å². The van der Waals surface area contributed by atoms with Crippen LogP contribution in [0.3, 0.4) is 0 Å². The van der Waals surface area contributed by atoms with Crippen LogP contribution < -0.4 is 0 Å². The number of hydrogen-bond acceptors (Lipinski definition) is 2. The van der Waals surface area contributed by atoms with Crippen LogP contribution in [0.1, 0.15) is 77.6 Å². The summed E-state index contributed by atoms with van der Waals surface area (Å²) >= 11 is 0. The normalized spacial score (nSPS) is 11.5. The van der Waals surface area contributed by atoms with Gasteiger partial charge in [0.25, 0.3) is 0 Å². The van der Waals surface area contributed by atoms with Gasteiger partial charge >= 0.3 is 5.97 Å². The van der Waals surface area contributed by atoms with E-state index in [4.69, 9.17) is 5.11 Å². The molecule has 0 heterocycles. The van der Waals surface area contributed by atoms with Gasteiger partial charge in [0.15, 0.2) is 0 Å². The van der Waals surface area contributed by atoms with Crippen molar-refractivity contribution in [2.75, 3.05) is 0 Å². The second-order valence-corrected chi connectivity index (χ2v) is 5.34. The Balaban J connectivity index is 3.33. The lowest BCUT2D eigenvalue weighted by Gasteiger charge is -2.00. The van der Waals surface area contributed by atoms with E-state index >= 15 is 0 Å². The first-order valence-electron chi connectivity index (χ1n) is 8.20. The van der Waals surface area contributed by atoms with Crippen LogP contribution in [-0.2, 0) is 9.59 Å². The van der Waals surface area contributed by atoms with Gasteiger partial charge in [-0.2, -0.15) is 0 Å². The van der Waals surface area contributed by atoms with Crippen LogP contribution in [-0.4, -0.2) is 16.9 Å². The number of unbranched alkanes of at least 4 members (excludes halogenated alkanes) is 5. The summed E-state index contributed by atoms with van der Waals surface area (Å²) in [5, 5.41) is 8.50. The maximum atomic E-state index is 11.6. The molecular weight excluding hydrogens is 264 g/mol. The first-order chi connectivity index (χ1) is 10.2. The van der Waals surface area contributed by atoms with Crippen LogP contribution in [0.5, 0.6) is 0 Å². The second-order valence-electron chi connectivity index (χ2n) is 5.34. The Labute approximate surface area is 129 Å². The van der Waals surface area contributed by atoms with Crippen molar-refractivity contribution in [2.24, 2.45) is 0 Å². The van der Waals surface area contributed by atoms with Crippen molar-refractivity contribution < 1.29 is 14.7 Å². The Morgan fingerprint density at radius 3 is 2.00 bits per heavy atom. The molecular formula is C18H30O3. The average Bonchev–Trinajstić information content (AvgIpc) is 2.45. The van der Waals surface area contributed by atoms with Gasteiger partial charge in [-0.1, -0.05) is 56.9 Å². The van der Waals surface area contributed by atoms with Gasteiger partial charge in [0.05, 0.1) is 0 Å². The molecule has 0 fully saturated rings. The molecule has 3 heteroatoms. The molecule has 0 atom stereocenters. The smallest absolute Gasteiger partial charge is 0.303 e. The highest BCUT2D eigenvalue weighted by Crippen LogP contribution is 2.09. The minimum absolute atomic E-state index is 0.276. The molecule has 0 amide bonds. The minimum Gasteiger partial charge on any atom is -0.481 e. The fourth-order valence-corrected chi connectivity index (χ4v) is 2.06. The SMILES string of the molecule is CC/C=C\C/C=C\CC(=O)CCCCCCCCC(=O)O. The molecule has 1 N–H and O–H groups in total. The van der Waals surface area contributed by atoms with Gasteiger partial charge in [-0.3, -0.25) is 9.59 Å². The summed E-state index contributed by atoms with van der Waals surface area (Å²) in [5.41, 5.74) is 0. The number of carbonyl (C=O) groups excluding carboxylic acids is 1. The van der Waals surface area contributed by atoms with Crippen LogP contribution in [0.2, 0.25) is 0 Å². The quantitative estimate of drug-likeness (QED) is 0.360. The Kier molecular flexibility index (Phi) is 14.0. The summed E-state index contributed by atoms with van der Waals surface area (Å²) in [6.07, 6.45) is 17.7. The molecule has 0 unspecified atom stereocenters. The number of hydrogen-bond donors (Lipinski definition) is 1. The fourth-order valence-electron chi connectivity index (χ4n) is 2.06. The summed E-state index contributed by atoms with van der Waals surface area (Å²) in [7, 11) is 0. The van der Waals surface area contributed by atoms with Crippen molar-refractivity contribution in [3.63, 3.8) is 0 Å². The topological polar surface area (TPSA) is 54.4 Å². The predicted octanol–water partition coefficient (Wildman–Crippen LogP) is 5.06. The van der Waals surface area contributed by atoms with Crippen molar-refractivity contribution in [1.82, 2.24) is 0 Å². The Hall–Kier alpha value is -1.38. The molecule has 0 aromatic rings. The van der Waals surface area contributed by atoms with Gasteiger partial charge in [-0.05, 0) is 25.7 Å². The molecule has 0 aliphatic heterocycles. The van der Waals surface area contributed by atoms with Gasteiger partial charge in [-0.15, -0.1) is 0 Å². The molecule has 0 rings (SSSR count). The molecule has 120 valence electrons. The fraction of sp³-hybridized carbons (Fsp3) is 0.667. The first-order valence-corrected chi connectivity index (χ1v) is 8.20. The molecule has 0 saturated heterocycles. The molecule has 0 aromatic heterocycles. The van der Waals surface area contributed by atoms with Crippen molar-refractivity contribution in [3.05, 3.63) is 24.3 Å². The number of aliphatic carboxylic acids is 1. The lowest BCUT2D eigenvalue weighted by molar-refractivity contribution is -0.137. The van der Waals surface area contributed by atoms with E-state index in [2.05, 4.69) is 19.1 Å². The van der Waals surface area contributed by atoms with Gasteiger partial charge in [0.1, 0.15) is 5.78 Å². The van der Waals surface area contributed by atoms with Crippen molar-refractivity contribution in [1.29, 1.82) is 0 Å². The largest absolute Gasteiger partial charge is 0.481 e. The Bertz CT molecular complexity index is 329. The molecule has 0 aliphatic carbocycles. The average molecular weight is 294 g/mol. The van der Waals surface area contributed by atoms with Crippen LogP contribution >= 0.6 is 0 Å². The summed E-state index contributed by atoms with van der Waals surface area (Å²) in [4.78, 5) is 21.9. The molecule has 0 aliphatic rings. The van der Waals surface area contributed by atoms with Gasteiger partial charge in [-0.25, -0.2) is 0 Å². The van der Waals surface area contributed by atoms with Crippen LogP contribution in [0.25, 0.3) is 0 Å². The third-order valence-corrected chi connectivity index (χ3v) is 3.28. The predicted molar refractivity (Wildman–Crippen MR) is 87.4 cm³/mol. The van der Waals surface area contributed by atoms with Crippen LogP contribution in [0.15, 0.2) is 24.3 Å². The number of allylic oxidation sites excluding steroid dienone is 4. The van der Waals surface area contributed by atoms with E-state index in [1.165, 1.54) is 0 Å². The van der Waals surface area contributed by atoms with Crippen molar-refractivity contribution in [3.8, 4) is 0 Å². The highest BCUT2D eigenvalue weighted by molar-refractivity contribution is 5.79. The standard InChI is InChI=1S/C18H30O3/c1-2-3-4-5-8-11-14-17(19)15-12-9-6-7-10-13-16-18(20)21/h3-4,8,11H,2,5-7,9-10,12-16H2,1H3,(H,20,21)/b4-3-,11-8-. The summed E-state index contributed by atoms with van der Waals surface area (Å²) < 4.78 is 0. The maximum absolute atomic E-state index is 11.6. The zero-order chi connectivity index (χ0) is 15.8. The molecule has 0 saturated carbocycles. The molecule has 0 spiro atoms. The third kappa shape index (κ3) is 16.6. The molecule has 3 nitrogen and oxygen atoms in total. The number of carboxylic acids is 1. The molecule has 0 aromatic carbocycles. The highest BCUT2D eigenvalue weighted by Gasteiger charge is 2.00. The van der Waals surface area contributed by atoms with Crippen molar-refractivity contribution >= 4 is 11.8 Å². The Morgan fingerprint density at radius 2 is 1.38 bits per heavy atom. The van der Waals surface area contributed by atoms with Crippen LogP contribution in [0.4, 0.5) is 0 Å². The summed E-state index contributed by atoms with van der Waals surface area (Å²) in [6, 6.07) is 0. The van der Waals surface area contributed by atoms with E-state index < -0.39 is 5.97 Å². The third-order valence-electron chi connectivity index (χ3n) is 3.28. The van der Waals surface area contributed by atoms with E-state index in [0.29, 0.717) is 18.6 Å². The van der Waals surface area contributed by atoms with E-state index in [1.54, 1.807) is 0 Å². The monoisotopic (exact) mass is 294 g/mol. The summed E-state index contributed by atoms with van der Waals surface area (Å²) in [5.74, 6) is -0.393. The van der Waals surface area contributed by atoms with Gasteiger partial charge in [0.2, 0.25) is 0 Å². The number of ketones is 1. The van der Waals surface area contributed by atoms with E-state index in [9.17, 15) is 9.59 Å². The Morgan fingerprint density at radius 1 is 0.810 bits per heavy atom. The number of carbonyl (C=O) groups is 2. The van der Waals surface area contributed by atoms with E-state index in [-0.39, 0.29) is 6.42 Å². The van der Waals surface area contributed by atoms with E-state index in [0.717, 1.165) is 51.4 Å². The van der Waals surface area contributed by atoms with Gasteiger partial charge in [0, 0.05) is 19.3 Å². The molecule has 0 bridgehead atoms. The lowest BCUT2D eigenvalue weighted by atomic mass is 10.1. The van der Waals surface area contributed by atoms with Crippen molar-refractivity contribution in [2.45, 2.75) is 77.6 Å². The summed E-state index contributed by atoms with van der Waals surface area (Å²) in [6.45, 7) is 2.11. The van der Waals surface area contributed by atoms with Crippen LogP contribution in [0, 0.1) is 0 Å². The maximum Gasteiger partial charge on any atom is 0.303 e. The van der Waals surface area contributed by atoms with E-state index in [1.807, 2.05) is 12.2 Å². The number of rotatable bonds is 14. The minimum atomic E-state index is -0.709. The zero-order valence-electron chi connectivity index (χ0n) is 13.4. The number of Topliss-reactive ketones (excluding diaryl/α,β-unsaturated/α-hetero) is 1. The zero-order valence-corrected chi connectivity index (χ0v) is 13.4.